The summed E-state index contributed by atoms with van der Waals surface area (Å²) in [6, 6.07) is 16.5. The molecule has 3 aliphatic heterocycles. The molecule has 4 N–H and O–H groups in total. The van der Waals surface area contributed by atoms with Crippen LogP contribution in [0.2, 0.25) is 0 Å². The third-order valence-corrected chi connectivity index (χ3v) is 8.89. The minimum absolute atomic E-state index is 0.0151. The fourth-order valence-corrected chi connectivity index (χ4v) is 6.45. The van der Waals surface area contributed by atoms with Gasteiger partial charge in [0.1, 0.15) is 0 Å². The quantitative estimate of drug-likeness (QED) is 0.205. The first-order valence-electron chi connectivity index (χ1n) is 15.8. The molecule has 2 amide bonds. The van der Waals surface area contributed by atoms with Gasteiger partial charge in [0.25, 0.3) is 0 Å². The van der Waals surface area contributed by atoms with E-state index in [0.29, 0.717) is 19.0 Å². The number of benzene rings is 2. The number of aliphatic hydroxyl groups excluding tert-OH is 1. The average molecular weight is 595 g/mol. The zero-order chi connectivity index (χ0) is 30.0. The first-order valence-corrected chi connectivity index (χ1v) is 15.8. The van der Waals surface area contributed by atoms with Crippen LogP contribution in [-0.2, 0) is 32.2 Å². The van der Waals surface area contributed by atoms with Crippen molar-refractivity contribution in [3.05, 3.63) is 70.8 Å². The number of ether oxygens (including phenoxy) is 2. The normalized spacial score (nSPS) is 24.7. The topological polar surface area (TPSA) is 124 Å². The molecule has 0 unspecified atom stereocenters. The molecule has 0 aromatic heterocycles. The number of hydrogen-bond acceptors (Lipinski definition) is 8. The second-order valence-corrected chi connectivity index (χ2v) is 12.1. The Hall–Kier alpha value is -2.86. The van der Waals surface area contributed by atoms with Crippen molar-refractivity contribution in [1.82, 2.24) is 20.6 Å². The van der Waals surface area contributed by atoms with Crippen LogP contribution in [0.15, 0.2) is 48.5 Å². The monoisotopic (exact) mass is 594 g/mol. The van der Waals surface area contributed by atoms with Crippen LogP contribution in [-0.4, -0.2) is 76.8 Å². The molecule has 0 radical (unpaired) electrons. The molecule has 3 heterocycles. The highest BCUT2D eigenvalue weighted by atomic mass is 16.7. The minimum Gasteiger partial charge on any atom is -0.392 e. The Morgan fingerprint density at radius 3 is 2.26 bits per heavy atom. The van der Waals surface area contributed by atoms with Gasteiger partial charge in [0.2, 0.25) is 11.8 Å². The molecule has 3 saturated heterocycles. The molecular weight excluding hydrogens is 548 g/mol. The number of carbonyl (C=O) groups is 2. The Morgan fingerprint density at radius 2 is 1.53 bits per heavy atom. The number of hydrogen-bond donors (Lipinski definition) is 4. The van der Waals surface area contributed by atoms with Crippen molar-refractivity contribution < 1.29 is 29.4 Å². The van der Waals surface area contributed by atoms with E-state index in [4.69, 9.17) is 14.7 Å². The fourth-order valence-electron chi connectivity index (χ4n) is 6.45. The Labute approximate surface area is 254 Å². The number of carbonyl (C=O) groups excluding carboxylic acids is 2. The van der Waals surface area contributed by atoms with Crippen LogP contribution in [0.4, 0.5) is 0 Å². The van der Waals surface area contributed by atoms with Crippen molar-refractivity contribution in [1.29, 1.82) is 0 Å². The molecular formula is C33H46N4O6. The zero-order valence-electron chi connectivity index (χ0n) is 25.0. The van der Waals surface area contributed by atoms with Gasteiger partial charge in [-0.25, -0.2) is 5.48 Å². The lowest BCUT2D eigenvalue weighted by molar-refractivity contribution is -0.253. The molecule has 5 rings (SSSR count). The highest BCUT2D eigenvalue weighted by molar-refractivity contribution is 5.78. The van der Waals surface area contributed by atoms with E-state index in [-0.39, 0.29) is 37.6 Å². The Bertz CT molecular complexity index is 1170. The lowest BCUT2D eigenvalue weighted by Gasteiger charge is -2.39. The second kappa shape index (κ2) is 15.7. The van der Waals surface area contributed by atoms with Gasteiger partial charge >= 0.3 is 0 Å². The molecule has 3 aliphatic rings. The molecule has 2 aromatic carbocycles. The molecule has 0 saturated carbocycles. The maximum Gasteiger partial charge on any atom is 0.243 e. The van der Waals surface area contributed by atoms with Gasteiger partial charge in [-0.3, -0.25) is 19.7 Å². The van der Waals surface area contributed by atoms with E-state index in [1.807, 2.05) is 48.5 Å². The van der Waals surface area contributed by atoms with Gasteiger partial charge in [-0.2, -0.15) is 0 Å². The van der Waals surface area contributed by atoms with Gasteiger partial charge in [0.05, 0.1) is 18.8 Å². The molecule has 3 fully saturated rings. The van der Waals surface area contributed by atoms with Gasteiger partial charge in [0.15, 0.2) is 6.29 Å². The van der Waals surface area contributed by atoms with Crippen LogP contribution in [0.1, 0.15) is 86.0 Å². The van der Waals surface area contributed by atoms with E-state index in [9.17, 15) is 14.7 Å². The Morgan fingerprint density at radius 1 is 0.837 bits per heavy atom. The standard InChI is InChI=1S/C33H46N4O6/c38-23-25-10-12-26(13-11-25)30-19-29(22-37-18-4-5-28(37)21-36-16-1-2-17-36)42-33(43-30)27-14-8-24(9-15-27)20-34-31(39)6-3-7-32(40)35-41/h8-15,28-30,33,38,41H,1-7,16-23H2,(H,34,39)(H,35,40)/t28-,29-,30+,33+/m0/s1. The van der Waals surface area contributed by atoms with Crippen LogP contribution in [0.25, 0.3) is 0 Å². The lowest BCUT2D eigenvalue weighted by atomic mass is 9.99. The first-order chi connectivity index (χ1) is 21.0. The number of likely N-dealkylation sites (tertiary alicyclic amines) is 2. The fraction of sp³-hybridized carbons (Fsp3) is 0.576. The lowest BCUT2D eigenvalue weighted by Crippen LogP contribution is -2.45. The number of hydroxylamine groups is 1. The largest absolute Gasteiger partial charge is 0.392 e. The highest BCUT2D eigenvalue weighted by Crippen LogP contribution is 2.39. The van der Waals surface area contributed by atoms with Crippen molar-refractivity contribution in [2.75, 3.05) is 32.7 Å². The van der Waals surface area contributed by atoms with Crippen LogP contribution < -0.4 is 10.8 Å². The Balaban J connectivity index is 1.22. The summed E-state index contributed by atoms with van der Waals surface area (Å²) in [5.74, 6) is -0.638. The summed E-state index contributed by atoms with van der Waals surface area (Å²) in [5.41, 5.74) is 5.43. The average Bonchev–Trinajstić information content (AvgIpc) is 3.72. The molecule has 0 spiro atoms. The number of rotatable bonds is 13. The molecule has 4 atom stereocenters. The number of amides is 2. The summed E-state index contributed by atoms with van der Waals surface area (Å²) in [6.07, 6.45) is 5.94. The summed E-state index contributed by atoms with van der Waals surface area (Å²) in [6.45, 7) is 5.97. The van der Waals surface area contributed by atoms with Gasteiger partial charge < -0.3 is 24.8 Å². The predicted molar refractivity (Wildman–Crippen MR) is 161 cm³/mol. The SMILES string of the molecule is O=C(CCCC(=O)NCc1ccc([C@@H]2O[C@H](CN3CCC[C@H]3CN3CCCC3)C[C@H](c3ccc(CO)cc3)O2)cc1)NO. The van der Waals surface area contributed by atoms with Gasteiger partial charge in [-0.05, 0) is 68.4 Å². The van der Waals surface area contributed by atoms with Crippen molar-refractivity contribution >= 4 is 11.8 Å². The summed E-state index contributed by atoms with van der Waals surface area (Å²) in [5, 5.41) is 21.0. The molecule has 2 aromatic rings. The summed E-state index contributed by atoms with van der Waals surface area (Å²) in [7, 11) is 0. The van der Waals surface area contributed by atoms with E-state index >= 15 is 0 Å². The van der Waals surface area contributed by atoms with Crippen LogP contribution in [0.5, 0.6) is 0 Å². The smallest absolute Gasteiger partial charge is 0.243 e. The predicted octanol–water partition coefficient (Wildman–Crippen LogP) is 3.58. The number of nitrogens with zero attached hydrogens (tertiary/aromatic N) is 2. The van der Waals surface area contributed by atoms with E-state index in [1.165, 1.54) is 38.8 Å². The summed E-state index contributed by atoms with van der Waals surface area (Å²) < 4.78 is 13.2. The van der Waals surface area contributed by atoms with Crippen molar-refractivity contribution in [3.8, 4) is 0 Å². The maximum absolute atomic E-state index is 12.1. The Kier molecular flexibility index (Phi) is 11.6. The molecule has 43 heavy (non-hydrogen) atoms. The summed E-state index contributed by atoms with van der Waals surface area (Å²) in [4.78, 5) is 28.5. The highest BCUT2D eigenvalue weighted by Gasteiger charge is 2.36. The molecule has 0 bridgehead atoms. The molecule has 0 aliphatic carbocycles. The minimum atomic E-state index is -0.512. The van der Waals surface area contributed by atoms with Crippen LogP contribution in [0.3, 0.4) is 0 Å². The van der Waals surface area contributed by atoms with Crippen molar-refractivity contribution in [3.63, 3.8) is 0 Å². The number of aliphatic hydroxyl groups is 1. The van der Waals surface area contributed by atoms with E-state index in [2.05, 4.69) is 15.1 Å². The van der Waals surface area contributed by atoms with Gasteiger partial charge in [-0.1, -0.05) is 48.5 Å². The van der Waals surface area contributed by atoms with Gasteiger partial charge in [-0.15, -0.1) is 0 Å². The third-order valence-electron chi connectivity index (χ3n) is 8.89. The van der Waals surface area contributed by atoms with E-state index in [1.54, 1.807) is 5.48 Å². The van der Waals surface area contributed by atoms with Crippen LogP contribution in [0, 0.1) is 0 Å². The van der Waals surface area contributed by atoms with Crippen molar-refractivity contribution in [2.45, 2.75) is 89.1 Å². The van der Waals surface area contributed by atoms with Crippen molar-refractivity contribution in [2.24, 2.45) is 0 Å². The van der Waals surface area contributed by atoms with Gasteiger partial charge in [0, 0.05) is 50.5 Å². The molecule has 10 heteroatoms. The molecule has 234 valence electrons. The van der Waals surface area contributed by atoms with Crippen LogP contribution >= 0.6 is 0 Å². The second-order valence-electron chi connectivity index (χ2n) is 12.1. The molecule has 10 nitrogen and oxygen atoms in total. The number of nitrogens with one attached hydrogen (secondary N) is 2. The zero-order valence-corrected chi connectivity index (χ0v) is 25.0. The van der Waals surface area contributed by atoms with E-state index < -0.39 is 12.2 Å². The third kappa shape index (κ3) is 9.07. The maximum atomic E-state index is 12.1. The summed E-state index contributed by atoms with van der Waals surface area (Å²) >= 11 is 0. The first kappa shape index (κ1) is 31.6. The van der Waals surface area contributed by atoms with E-state index in [0.717, 1.165) is 48.3 Å².